The number of hydrogen-bond donors (Lipinski definition) is 2. The summed E-state index contributed by atoms with van der Waals surface area (Å²) in [5, 5.41) is 18.3. The van der Waals surface area contributed by atoms with Crippen molar-refractivity contribution in [3.05, 3.63) is 36.3 Å². The number of nitrogens with zero attached hydrogens (tertiary/aromatic N) is 3. The lowest BCUT2D eigenvalue weighted by Gasteiger charge is -2.58. The van der Waals surface area contributed by atoms with Crippen LogP contribution in [-0.2, 0) is 7.05 Å². The van der Waals surface area contributed by atoms with Crippen LogP contribution in [0.5, 0.6) is 0 Å². The summed E-state index contributed by atoms with van der Waals surface area (Å²) in [6, 6.07) is 4.06. The fourth-order valence-electron chi connectivity index (χ4n) is 5.82. The van der Waals surface area contributed by atoms with E-state index >= 15 is 0 Å². The molecule has 2 aromatic heterocycles. The van der Waals surface area contributed by atoms with Gasteiger partial charge < -0.3 is 15.0 Å². The maximum Gasteiger partial charge on any atom is 0.256 e. The van der Waals surface area contributed by atoms with Crippen molar-refractivity contribution in [1.29, 1.82) is 0 Å². The Kier molecular flexibility index (Phi) is 3.17. The zero-order chi connectivity index (χ0) is 17.2. The first-order chi connectivity index (χ1) is 12.0. The monoisotopic (exact) mass is 340 g/mol. The molecular formula is C19H24N4O2. The number of carbonyl (C=O) groups is 1. The lowest BCUT2D eigenvalue weighted by atomic mass is 9.52. The Bertz CT molecular complexity index is 794. The first-order valence-corrected chi connectivity index (χ1v) is 9.21. The largest absolute Gasteiger partial charge is 0.390 e. The van der Waals surface area contributed by atoms with Gasteiger partial charge in [0.15, 0.2) is 0 Å². The van der Waals surface area contributed by atoms with E-state index in [1.54, 1.807) is 10.9 Å². The second-order valence-electron chi connectivity index (χ2n) is 8.29. The Balaban J connectivity index is 1.40. The van der Waals surface area contributed by atoms with Crippen molar-refractivity contribution in [2.24, 2.45) is 24.8 Å². The van der Waals surface area contributed by atoms with Crippen LogP contribution in [0.15, 0.2) is 30.7 Å². The zero-order valence-electron chi connectivity index (χ0n) is 14.4. The van der Waals surface area contributed by atoms with Gasteiger partial charge in [-0.15, -0.1) is 0 Å². The summed E-state index contributed by atoms with van der Waals surface area (Å²) >= 11 is 0. The number of carbonyl (C=O) groups excluding carboxylic acids is 1. The number of aromatic nitrogens is 3. The van der Waals surface area contributed by atoms with Gasteiger partial charge in [-0.05, 0) is 62.0 Å². The summed E-state index contributed by atoms with van der Waals surface area (Å²) in [6.07, 6.45) is 10.4. The molecule has 0 saturated heterocycles. The Morgan fingerprint density at radius 2 is 1.92 bits per heavy atom. The molecule has 4 fully saturated rings. The van der Waals surface area contributed by atoms with Crippen molar-refractivity contribution < 1.29 is 9.90 Å². The summed E-state index contributed by atoms with van der Waals surface area (Å²) in [7, 11) is 1.85. The van der Waals surface area contributed by atoms with E-state index in [9.17, 15) is 9.90 Å². The third-order valence-electron chi connectivity index (χ3n) is 6.54. The average Bonchev–Trinajstić information content (AvgIpc) is 3.18. The van der Waals surface area contributed by atoms with E-state index in [1.807, 2.05) is 36.1 Å². The minimum atomic E-state index is -0.470. The molecule has 4 aliphatic rings. The molecule has 2 heterocycles. The smallest absolute Gasteiger partial charge is 0.256 e. The molecule has 4 saturated carbocycles. The van der Waals surface area contributed by atoms with E-state index < -0.39 is 5.60 Å². The van der Waals surface area contributed by atoms with Gasteiger partial charge in [0.25, 0.3) is 5.91 Å². The molecule has 2 N–H and O–H groups in total. The molecule has 6 nitrogen and oxygen atoms in total. The van der Waals surface area contributed by atoms with Gasteiger partial charge in [-0.2, -0.15) is 5.10 Å². The standard InChI is InChI=1S/C19H24N4O2/c1-22-18(23-4-2-3-5-23)15(11-20-22)17(24)21-16-13-6-12-7-14(16)10-19(25,8-12)9-13/h2-5,11-14,16,25H,6-10H2,1H3,(H,21,24)/t12?,13?,14?,16-,19+. The van der Waals surface area contributed by atoms with Crippen LogP contribution in [0.25, 0.3) is 5.82 Å². The average molecular weight is 340 g/mol. The van der Waals surface area contributed by atoms with Gasteiger partial charge in [0.2, 0.25) is 0 Å². The van der Waals surface area contributed by atoms with Crippen LogP contribution in [0.4, 0.5) is 0 Å². The van der Waals surface area contributed by atoms with Crippen LogP contribution < -0.4 is 5.32 Å². The van der Waals surface area contributed by atoms with Crippen LogP contribution >= 0.6 is 0 Å². The maximum absolute atomic E-state index is 13.0. The summed E-state index contributed by atoms with van der Waals surface area (Å²) < 4.78 is 3.65. The SMILES string of the molecule is Cn1ncc(C(=O)N[C@H]2C3CC4CC2C[C@@](O)(C4)C3)c1-n1cccc1. The Hall–Kier alpha value is -2.08. The van der Waals surface area contributed by atoms with Crippen LogP contribution in [0.3, 0.4) is 0 Å². The van der Waals surface area contributed by atoms with Crippen LogP contribution in [0.2, 0.25) is 0 Å². The number of aryl methyl sites for hydroxylation is 1. The minimum Gasteiger partial charge on any atom is -0.390 e. The molecule has 2 aromatic rings. The van der Waals surface area contributed by atoms with E-state index in [1.165, 1.54) is 0 Å². The van der Waals surface area contributed by atoms with Crippen molar-refractivity contribution in [1.82, 2.24) is 19.7 Å². The van der Waals surface area contributed by atoms with Crippen molar-refractivity contribution in [2.75, 3.05) is 0 Å². The Labute approximate surface area is 146 Å². The number of rotatable bonds is 3. The fourth-order valence-corrected chi connectivity index (χ4v) is 5.82. The van der Waals surface area contributed by atoms with Gasteiger partial charge in [-0.25, -0.2) is 0 Å². The molecule has 4 bridgehead atoms. The van der Waals surface area contributed by atoms with E-state index in [4.69, 9.17) is 0 Å². The molecule has 6 heteroatoms. The Morgan fingerprint density at radius 1 is 1.24 bits per heavy atom. The highest BCUT2D eigenvalue weighted by molar-refractivity contribution is 5.97. The molecule has 25 heavy (non-hydrogen) atoms. The first-order valence-electron chi connectivity index (χ1n) is 9.21. The summed E-state index contributed by atoms with van der Waals surface area (Å²) in [6.45, 7) is 0. The molecule has 0 aliphatic heterocycles. The van der Waals surface area contributed by atoms with Gasteiger partial charge in [0.1, 0.15) is 11.4 Å². The van der Waals surface area contributed by atoms with Crippen molar-refractivity contribution >= 4 is 5.91 Å². The molecule has 0 spiro atoms. The summed E-state index contributed by atoms with van der Waals surface area (Å²) in [5.74, 6) is 2.19. The van der Waals surface area contributed by atoms with Gasteiger partial charge in [-0.3, -0.25) is 9.48 Å². The minimum absolute atomic E-state index is 0.0544. The summed E-state index contributed by atoms with van der Waals surface area (Å²) in [5.41, 5.74) is 0.133. The highest BCUT2D eigenvalue weighted by Crippen LogP contribution is 2.55. The Morgan fingerprint density at radius 3 is 2.56 bits per heavy atom. The summed E-state index contributed by atoms with van der Waals surface area (Å²) in [4.78, 5) is 13.0. The molecule has 132 valence electrons. The van der Waals surface area contributed by atoms with Crippen molar-refractivity contribution in [3.63, 3.8) is 0 Å². The molecule has 0 aromatic carbocycles. The molecule has 2 atom stereocenters. The van der Waals surface area contributed by atoms with Gasteiger partial charge >= 0.3 is 0 Å². The van der Waals surface area contributed by atoms with E-state index in [-0.39, 0.29) is 11.9 Å². The highest BCUT2D eigenvalue weighted by Gasteiger charge is 2.55. The normalized spacial score (nSPS) is 35.9. The van der Waals surface area contributed by atoms with Crippen molar-refractivity contribution in [2.45, 2.75) is 43.7 Å². The lowest BCUT2D eigenvalue weighted by molar-refractivity contribution is -0.136. The van der Waals surface area contributed by atoms with E-state index in [0.29, 0.717) is 23.3 Å². The maximum atomic E-state index is 13.0. The molecule has 1 amide bonds. The second kappa shape index (κ2) is 5.21. The molecule has 4 aliphatic carbocycles. The molecule has 2 unspecified atom stereocenters. The molecule has 6 rings (SSSR count). The first kappa shape index (κ1) is 15.2. The predicted molar refractivity (Wildman–Crippen MR) is 92.3 cm³/mol. The van der Waals surface area contributed by atoms with E-state index in [0.717, 1.165) is 37.9 Å². The zero-order valence-corrected chi connectivity index (χ0v) is 14.4. The third-order valence-corrected chi connectivity index (χ3v) is 6.54. The molecule has 0 radical (unpaired) electrons. The number of aliphatic hydroxyl groups is 1. The van der Waals surface area contributed by atoms with Crippen LogP contribution in [0.1, 0.15) is 42.5 Å². The van der Waals surface area contributed by atoms with Gasteiger partial charge in [0, 0.05) is 25.5 Å². The fraction of sp³-hybridized carbons (Fsp3) is 0.579. The molecular weight excluding hydrogens is 316 g/mol. The predicted octanol–water partition coefficient (Wildman–Crippen LogP) is 1.88. The van der Waals surface area contributed by atoms with Gasteiger partial charge in [-0.1, -0.05) is 0 Å². The second-order valence-corrected chi connectivity index (χ2v) is 8.29. The number of hydrogen-bond acceptors (Lipinski definition) is 3. The highest BCUT2D eigenvalue weighted by atomic mass is 16.3. The van der Waals surface area contributed by atoms with Crippen LogP contribution in [-0.4, -0.2) is 37.0 Å². The quantitative estimate of drug-likeness (QED) is 0.896. The third kappa shape index (κ3) is 2.34. The number of amides is 1. The van der Waals surface area contributed by atoms with Gasteiger partial charge in [0.05, 0.1) is 11.8 Å². The lowest BCUT2D eigenvalue weighted by Crippen LogP contribution is -2.61. The number of nitrogens with one attached hydrogen (secondary N) is 1. The topological polar surface area (TPSA) is 72.1 Å². The van der Waals surface area contributed by atoms with Crippen LogP contribution in [0, 0.1) is 17.8 Å². The van der Waals surface area contributed by atoms with E-state index in [2.05, 4.69) is 10.4 Å². The van der Waals surface area contributed by atoms with Crippen molar-refractivity contribution in [3.8, 4) is 5.82 Å².